The van der Waals surface area contributed by atoms with Gasteiger partial charge in [0, 0.05) is 30.9 Å². The van der Waals surface area contributed by atoms with Crippen LogP contribution in [0.2, 0.25) is 0 Å². The summed E-state index contributed by atoms with van der Waals surface area (Å²) in [5.74, 6) is 0.183. The van der Waals surface area contributed by atoms with Crippen molar-refractivity contribution in [3.63, 3.8) is 0 Å². The zero-order valence-electron chi connectivity index (χ0n) is 19.4. The maximum atomic E-state index is 13.8. The fourth-order valence-corrected chi connectivity index (χ4v) is 4.10. The van der Waals surface area contributed by atoms with E-state index in [9.17, 15) is 9.59 Å². The number of carbonyl (C=O) groups is 2. The molecule has 1 aliphatic rings. The summed E-state index contributed by atoms with van der Waals surface area (Å²) in [4.78, 5) is 30.6. The van der Waals surface area contributed by atoms with E-state index in [2.05, 4.69) is 0 Å². The summed E-state index contributed by atoms with van der Waals surface area (Å²) in [6, 6.07) is 20.4. The molecule has 0 fully saturated rings. The van der Waals surface area contributed by atoms with Crippen molar-refractivity contribution in [2.75, 3.05) is 31.1 Å². The van der Waals surface area contributed by atoms with Crippen LogP contribution in [-0.2, 0) is 9.59 Å². The largest absolute Gasteiger partial charge is 0.497 e. The molecule has 0 saturated heterocycles. The van der Waals surface area contributed by atoms with Crippen molar-refractivity contribution in [2.24, 2.45) is 0 Å². The SMILES string of the molecule is COc1cc(OC)cc(N2C(=O)C(c3ccc(C)cc3C)=C(N(C)c3ccccc3)C2=O)c1. The first-order valence-corrected chi connectivity index (χ1v) is 10.6. The summed E-state index contributed by atoms with van der Waals surface area (Å²) in [7, 11) is 4.86. The van der Waals surface area contributed by atoms with Crippen LogP contribution in [0, 0.1) is 13.8 Å². The van der Waals surface area contributed by atoms with Gasteiger partial charge in [0.15, 0.2) is 0 Å². The number of ether oxygens (including phenoxy) is 2. The molecule has 168 valence electrons. The Morgan fingerprint density at radius 1 is 0.788 bits per heavy atom. The van der Waals surface area contributed by atoms with Gasteiger partial charge in [0.05, 0.1) is 25.5 Å². The topological polar surface area (TPSA) is 59.1 Å². The molecule has 6 heteroatoms. The van der Waals surface area contributed by atoms with Gasteiger partial charge in [-0.1, -0.05) is 42.0 Å². The second kappa shape index (κ2) is 8.82. The first-order chi connectivity index (χ1) is 15.8. The highest BCUT2D eigenvalue weighted by Crippen LogP contribution is 2.39. The summed E-state index contributed by atoms with van der Waals surface area (Å²) in [5, 5.41) is 0. The van der Waals surface area contributed by atoms with Gasteiger partial charge < -0.3 is 14.4 Å². The summed E-state index contributed by atoms with van der Waals surface area (Å²) in [6.07, 6.45) is 0. The number of methoxy groups -OCH3 is 2. The van der Waals surface area contributed by atoms with Crippen molar-refractivity contribution in [2.45, 2.75) is 13.8 Å². The Kier molecular flexibility index (Phi) is 5.92. The predicted octanol–water partition coefficient (Wildman–Crippen LogP) is 4.74. The van der Waals surface area contributed by atoms with Gasteiger partial charge in [-0.2, -0.15) is 0 Å². The van der Waals surface area contributed by atoms with Gasteiger partial charge >= 0.3 is 0 Å². The summed E-state index contributed by atoms with van der Waals surface area (Å²) in [5.41, 5.74) is 4.62. The minimum absolute atomic E-state index is 0.319. The van der Waals surface area contributed by atoms with E-state index < -0.39 is 5.91 Å². The molecule has 0 unspecified atom stereocenters. The van der Waals surface area contributed by atoms with Crippen LogP contribution in [0.4, 0.5) is 11.4 Å². The highest BCUT2D eigenvalue weighted by atomic mass is 16.5. The van der Waals surface area contributed by atoms with E-state index in [1.807, 2.05) is 62.4 Å². The van der Waals surface area contributed by atoms with E-state index in [0.29, 0.717) is 28.5 Å². The summed E-state index contributed by atoms with van der Waals surface area (Å²) >= 11 is 0. The van der Waals surface area contributed by atoms with Crippen molar-refractivity contribution in [3.05, 3.63) is 89.1 Å². The zero-order valence-corrected chi connectivity index (χ0v) is 19.4. The molecule has 33 heavy (non-hydrogen) atoms. The Morgan fingerprint density at radius 2 is 1.42 bits per heavy atom. The van der Waals surface area contributed by atoms with Gasteiger partial charge in [0.2, 0.25) is 0 Å². The van der Waals surface area contributed by atoms with Crippen LogP contribution in [0.5, 0.6) is 11.5 Å². The average molecular weight is 443 g/mol. The van der Waals surface area contributed by atoms with Crippen molar-refractivity contribution >= 4 is 28.8 Å². The lowest BCUT2D eigenvalue weighted by atomic mass is 9.97. The van der Waals surface area contributed by atoms with Gasteiger partial charge in [0.1, 0.15) is 17.2 Å². The molecular weight excluding hydrogens is 416 g/mol. The molecule has 2 amide bonds. The number of hydrogen-bond acceptors (Lipinski definition) is 5. The van der Waals surface area contributed by atoms with Crippen LogP contribution in [0.3, 0.4) is 0 Å². The number of imide groups is 1. The van der Waals surface area contributed by atoms with Gasteiger partial charge in [-0.25, -0.2) is 4.90 Å². The lowest BCUT2D eigenvalue weighted by Gasteiger charge is -2.22. The number of amides is 2. The van der Waals surface area contributed by atoms with Crippen LogP contribution in [-0.4, -0.2) is 33.1 Å². The van der Waals surface area contributed by atoms with Crippen molar-refractivity contribution in [1.29, 1.82) is 0 Å². The Balaban J connectivity index is 1.92. The Hall–Kier alpha value is -4.06. The minimum atomic E-state index is -0.406. The lowest BCUT2D eigenvalue weighted by molar-refractivity contribution is -0.120. The van der Waals surface area contributed by atoms with E-state index in [1.165, 1.54) is 19.1 Å². The van der Waals surface area contributed by atoms with Gasteiger partial charge in [0.25, 0.3) is 11.8 Å². The van der Waals surface area contributed by atoms with Crippen LogP contribution in [0.15, 0.2) is 72.4 Å². The number of para-hydroxylation sites is 1. The molecule has 0 saturated carbocycles. The van der Waals surface area contributed by atoms with Crippen molar-refractivity contribution < 1.29 is 19.1 Å². The molecule has 0 aromatic heterocycles. The molecule has 0 aliphatic carbocycles. The molecule has 3 aromatic rings. The van der Waals surface area contributed by atoms with E-state index >= 15 is 0 Å². The zero-order chi connectivity index (χ0) is 23.7. The third-order valence-electron chi connectivity index (χ3n) is 5.78. The summed E-state index contributed by atoms with van der Waals surface area (Å²) in [6.45, 7) is 3.95. The second-order valence-electron chi connectivity index (χ2n) is 7.95. The first kappa shape index (κ1) is 22.1. The average Bonchev–Trinajstić information content (AvgIpc) is 3.08. The molecule has 0 atom stereocenters. The van der Waals surface area contributed by atoms with E-state index in [4.69, 9.17) is 9.47 Å². The fourth-order valence-electron chi connectivity index (χ4n) is 4.10. The molecule has 1 aliphatic heterocycles. The molecule has 1 heterocycles. The standard InChI is InChI=1S/C27H26N2O4/c1-17-11-12-23(18(2)13-17)24-25(28(3)19-9-7-6-8-10-19)27(31)29(26(24)30)20-14-21(32-4)16-22(15-20)33-5/h6-16H,1-5H3. The smallest absolute Gasteiger partial charge is 0.282 e. The molecule has 0 radical (unpaired) electrons. The molecular formula is C27H26N2O4. The maximum absolute atomic E-state index is 13.8. The Labute approximate surface area is 193 Å². The number of nitrogens with zero attached hydrogens (tertiary/aromatic N) is 2. The number of rotatable bonds is 6. The van der Waals surface area contributed by atoms with E-state index in [-0.39, 0.29) is 5.91 Å². The monoisotopic (exact) mass is 442 g/mol. The van der Waals surface area contributed by atoms with E-state index in [0.717, 1.165) is 22.4 Å². The maximum Gasteiger partial charge on any atom is 0.282 e. The van der Waals surface area contributed by atoms with Gasteiger partial charge in [-0.15, -0.1) is 0 Å². The highest BCUT2D eigenvalue weighted by Gasteiger charge is 2.42. The van der Waals surface area contributed by atoms with Crippen LogP contribution in [0.25, 0.3) is 5.57 Å². The lowest BCUT2D eigenvalue weighted by Crippen LogP contribution is -2.34. The number of carbonyl (C=O) groups excluding carboxylic acids is 2. The number of benzene rings is 3. The number of hydrogen-bond donors (Lipinski definition) is 0. The quantitative estimate of drug-likeness (QED) is 0.516. The molecule has 4 rings (SSSR count). The highest BCUT2D eigenvalue weighted by molar-refractivity contribution is 6.46. The number of likely N-dealkylation sites (N-methyl/N-ethyl adjacent to an activating group) is 1. The minimum Gasteiger partial charge on any atom is -0.497 e. The number of anilines is 2. The Bertz CT molecular complexity index is 1240. The molecule has 0 spiro atoms. The normalized spacial score (nSPS) is 13.5. The van der Waals surface area contributed by atoms with Gasteiger partial charge in [-0.3, -0.25) is 9.59 Å². The molecule has 0 N–H and O–H groups in total. The van der Waals surface area contributed by atoms with Crippen molar-refractivity contribution in [1.82, 2.24) is 0 Å². The van der Waals surface area contributed by atoms with Crippen LogP contribution < -0.4 is 19.3 Å². The molecule has 6 nitrogen and oxygen atoms in total. The van der Waals surface area contributed by atoms with Crippen molar-refractivity contribution in [3.8, 4) is 11.5 Å². The van der Waals surface area contributed by atoms with E-state index in [1.54, 1.807) is 30.1 Å². The Morgan fingerprint density at radius 3 is 2.00 bits per heavy atom. The molecule has 0 bridgehead atoms. The first-order valence-electron chi connectivity index (χ1n) is 10.6. The number of aryl methyl sites for hydroxylation is 2. The van der Waals surface area contributed by atoms with Crippen LogP contribution in [0.1, 0.15) is 16.7 Å². The predicted molar refractivity (Wildman–Crippen MR) is 130 cm³/mol. The van der Waals surface area contributed by atoms with Crippen LogP contribution >= 0.6 is 0 Å². The third-order valence-corrected chi connectivity index (χ3v) is 5.78. The second-order valence-corrected chi connectivity index (χ2v) is 7.95. The van der Waals surface area contributed by atoms with Gasteiger partial charge in [-0.05, 0) is 37.1 Å². The fraction of sp³-hybridized carbons (Fsp3) is 0.185. The summed E-state index contributed by atoms with van der Waals surface area (Å²) < 4.78 is 10.7. The molecule has 3 aromatic carbocycles. The third kappa shape index (κ3) is 3.96.